The van der Waals surface area contributed by atoms with Gasteiger partial charge in [0, 0.05) is 19.0 Å². The van der Waals surface area contributed by atoms with Gasteiger partial charge in [0.2, 0.25) is 21.8 Å². The number of hydrogen-bond donors (Lipinski definition) is 1. The Labute approximate surface area is 265 Å². The van der Waals surface area contributed by atoms with Crippen LogP contribution >= 0.6 is 23.2 Å². The summed E-state index contributed by atoms with van der Waals surface area (Å²) >= 11 is 12.5. The maximum absolute atomic E-state index is 14.3. The molecule has 1 atom stereocenters. The second-order valence-electron chi connectivity index (χ2n) is 11.5. The van der Waals surface area contributed by atoms with E-state index in [2.05, 4.69) is 19.2 Å². The van der Waals surface area contributed by atoms with Crippen LogP contribution in [-0.4, -0.2) is 50.0 Å². The van der Waals surface area contributed by atoms with Crippen molar-refractivity contribution in [1.29, 1.82) is 0 Å². The third kappa shape index (κ3) is 8.97. The number of rotatable bonds is 12. The molecule has 0 radical (unpaired) electrons. The molecule has 10 heteroatoms. The number of benzene rings is 3. The van der Waals surface area contributed by atoms with Gasteiger partial charge >= 0.3 is 0 Å². The van der Waals surface area contributed by atoms with Crippen LogP contribution in [0, 0.1) is 0 Å². The summed E-state index contributed by atoms with van der Waals surface area (Å²) in [6.07, 6.45) is 5.19. The molecule has 230 valence electrons. The van der Waals surface area contributed by atoms with Crippen molar-refractivity contribution in [2.45, 2.75) is 70.5 Å². The summed E-state index contributed by atoms with van der Waals surface area (Å²) < 4.78 is 27.1. The fraction of sp³-hybridized carbons (Fsp3) is 0.394. The molecular weight excluding hydrogens is 605 g/mol. The van der Waals surface area contributed by atoms with E-state index in [9.17, 15) is 18.0 Å². The molecule has 1 saturated carbocycles. The van der Waals surface area contributed by atoms with Gasteiger partial charge < -0.3 is 10.2 Å². The first-order valence-electron chi connectivity index (χ1n) is 14.6. The molecule has 43 heavy (non-hydrogen) atoms. The molecule has 1 fully saturated rings. The van der Waals surface area contributed by atoms with Crippen LogP contribution in [0.1, 0.15) is 62.1 Å². The molecule has 3 aromatic rings. The van der Waals surface area contributed by atoms with E-state index in [1.165, 1.54) is 4.90 Å². The van der Waals surface area contributed by atoms with Crippen molar-refractivity contribution in [3.8, 4) is 0 Å². The Morgan fingerprint density at radius 3 is 2.14 bits per heavy atom. The minimum Gasteiger partial charge on any atom is -0.352 e. The summed E-state index contributed by atoms with van der Waals surface area (Å²) in [5.74, 6) is -0.510. The number of nitrogens with one attached hydrogen (secondary N) is 1. The Morgan fingerprint density at radius 2 is 1.56 bits per heavy atom. The van der Waals surface area contributed by atoms with Crippen LogP contribution in [0.4, 0.5) is 5.69 Å². The number of halogens is 2. The Kier molecular flexibility index (Phi) is 11.2. The normalized spacial score (nSPS) is 14.5. The van der Waals surface area contributed by atoms with Crippen LogP contribution < -0.4 is 9.62 Å². The van der Waals surface area contributed by atoms with Crippen molar-refractivity contribution in [2.75, 3.05) is 17.1 Å². The summed E-state index contributed by atoms with van der Waals surface area (Å²) in [5.41, 5.74) is 2.98. The Morgan fingerprint density at radius 1 is 0.907 bits per heavy atom. The van der Waals surface area contributed by atoms with Crippen LogP contribution in [0.15, 0.2) is 72.8 Å². The van der Waals surface area contributed by atoms with Crippen LogP contribution in [0.5, 0.6) is 0 Å². The molecule has 0 unspecified atom stereocenters. The molecule has 0 spiro atoms. The van der Waals surface area contributed by atoms with Crippen molar-refractivity contribution < 1.29 is 18.0 Å². The van der Waals surface area contributed by atoms with Crippen LogP contribution in [0.25, 0.3) is 0 Å². The molecular formula is C33H39Cl2N3O4S. The highest BCUT2D eigenvalue weighted by Gasteiger charge is 2.34. The van der Waals surface area contributed by atoms with Gasteiger partial charge in [-0.05, 0) is 59.7 Å². The van der Waals surface area contributed by atoms with E-state index in [4.69, 9.17) is 23.2 Å². The second-order valence-corrected chi connectivity index (χ2v) is 14.2. The molecule has 3 aromatic carbocycles. The van der Waals surface area contributed by atoms with Crippen LogP contribution in [0.2, 0.25) is 10.0 Å². The lowest BCUT2D eigenvalue weighted by Gasteiger charge is -2.34. The number of carbonyl (C=O) groups excluding carboxylic acids is 2. The zero-order valence-corrected chi connectivity index (χ0v) is 27.1. The van der Waals surface area contributed by atoms with Gasteiger partial charge in [0.05, 0.1) is 22.0 Å². The van der Waals surface area contributed by atoms with Gasteiger partial charge in [0.25, 0.3) is 0 Å². The van der Waals surface area contributed by atoms with Crippen LogP contribution in [0.3, 0.4) is 0 Å². The third-order valence-electron chi connectivity index (χ3n) is 7.84. The Balaban J connectivity index is 1.73. The molecule has 7 nitrogen and oxygen atoms in total. The van der Waals surface area contributed by atoms with E-state index < -0.39 is 28.5 Å². The minimum absolute atomic E-state index is 0.0369. The van der Waals surface area contributed by atoms with E-state index >= 15 is 0 Å². The fourth-order valence-electron chi connectivity index (χ4n) is 5.40. The van der Waals surface area contributed by atoms with Gasteiger partial charge in [0.15, 0.2) is 0 Å². The number of carbonyl (C=O) groups is 2. The highest BCUT2D eigenvalue weighted by molar-refractivity contribution is 7.92. The van der Waals surface area contributed by atoms with Crippen LogP contribution in [-0.2, 0) is 32.6 Å². The minimum atomic E-state index is -3.84. The first-order chi connectivity index (χ1) is 20.4. The molecule has 1 aliphatic carbocycles. The summed E-state index contributed by atoms with van der Waals surface area (Å²) in [5, 5.41) is 3.86. The highest BCUT2D eigenvalue weighted by Crippen LogP contribution is 2.26. The van der Waals surface area contributed by atoms with E-state index in [1.54, 1.807) is 30.3 Å². The maximum Gasteiger partial charge on any atom is 0.244 e. The maximum atomic E-state index is 14.3. The molecule has 0 saturated heterocycles. The second kappa shape index (κ2) is 14.6. The first kappa shape index (κ1) is 32.8. The summed E-state index contributed by atoms with van der Waals surface area (Å²) in [4.78, 5) is 29.7. The first-order valence-corrected chi connectivity index (χ1v) is 17.2. The fourth-order valence-corrected chi connectivity index (χ4v) is 6.57. The third-order valence-corrected chi connectivity index (χ3v) is 9.72. The largest absolute Gasteiger partial charge is 0.352 e. The van der Waals surface area contributed by atoms with E-state index in [-0.39, 0.29) is 30.8 Å². The summed E-state index contributed by atoms with van der Waals surface area (Å²) in [6, 6.07) is 20.9. The van der Waals surface area contributed by atoms with Gasteiger partial charge in [-0.1, -0.05) is 98.4 Å². The lowest BCUT2D eigenvalue weighted by atomic mass is 10.0. The highest BCUT2D eigenvalue weighted by atomic mass is 35.5. The van der Waals surface area contributed by atoms with Gasteiger partial charge in [-0.2, -0.15) is 0 Å². The SMILES string of the molecule is CC(C)c1ccc(N(CC(=O)N(Cc2ccc(Cl)c(Cl)c2)[C@@H](Cc2ccccc2)C(=O)NC2CCCC2)S(C)(=O)=O)cc1. The molecule has 0 heterocycles. The predicted octanol–water partition coefficient (Wildman–Crippen LogP) is 6.58. The summed E-state index contributed by atoms with van der Waals surface area (Å²) in [7, 11) is -3.84. The molecule has 2 amide bonds. The predicted molar refractivity (Wildman–Crippen MR) is 174 cm³/mol. The van der Waals surface area contributed by atoms with Crippen molar-refractivity contribution in [2.24, 2.45) is 0 Å². The lowest BCUT2D eigenvalue weighted by Crippen LogP contribution is -2.54. The zero-order chi connectivity index (χ0) is 31.1. The van der Waals surface area contributed by atoms with Gasteiger partial charge in [-0.25, -0.2) is 8.42 Å². The number of sulfonamides is 1. The van der Waals surface area contributed by atoms with Crippen molar-refractivity contribution in [1.82, 2.24) is 10.2 Å². The van der Waals surface area contributed by atoms with E-state index in [0.717, 1.165) is 47.4 Å². The number of nitrogens with zero attached hydrogens (tertiary/aromatic N) is 2. The lowest BCUT2D eigenvalue weighted by molar-refractivity contribution is -0.140. The number of anilines is 1. The quantitative estimate of drug-likeness (QED) is 0.241. The number of amides is 2. The average Bonchev–Trinajstić information content (AvgIpc) is 3.48. The standard InChI is InChI=1S/C33H39Cl2N3O4S/c1-23(2)26-14-16-28(17-15-26)38(43(3,41)42)22-32(39)37(21-25-13-18-29(34)30(35)19-25)31(20-24-9-5-4-6-10-24)33(40)36-27-11-7-8-12-27/h4-6,9-10,13-19,23,27,31H,7-8,11-12,20-22H2,1-3H3,(H,36,40)/t31-/m0/s1. The smallest absolute Gasteiger partial charge is 0.244 e. The molecule has 4 rings (SSSR count). The van der Waals surface area contributed by atoms with Gasteiger partial charge in [-0.15, -0.1) is 0 Å². The average molecular weight is 645 g/mol. The molecule has 0 aliphatic heterocycles. The monoisotopic (exact) mass is 643 g/mol. The van der Waals surface area contributed by atoms with Gasteiger partial charge in [-0.3, -0.25) is 13.9 Å². The number of hydrogen-bond acceptors (Lipinski definition) is 4. The van der Waals surface area contributed by atoms with Gasteiger partial charge in [0.1, 0.15) is 12.6 Å². The van der Waals surface area contributed by atoms with Crippen molar-refractivity contribution >= 4 is 50.7 Å². The summed E-state index contributed by atoms with van der Waals surface area (Å²) in [6.45, 7) is 3.67. The molecule has 0 bridgehead atoms. The zero-order valence-electron chi connectivity index (χ0n) is 24.8. The Bertz CT molecular complexity index is 1510. The molecule has 1 aliphatic rings. The van der Waals surface area contributed by atoms with Crippen molar-refractivity contribution in [3.63, 3.8) is 0 Å². The van der Waals surface area contributed by atoms with E-state index in [1.807, 2.05) is 42.5 Å². The van der Waals surface area contributed by atoms with E-state index in [0.29, 0.717) is 21.3 Å². The molecule has 1 N–H and O–H groups in total. The Hall–Kier alpha value is -3.07. The van der Waals surface area contributed by atoms with Crippen molar-refractivity contribution in [3.05, 3.63) is 99.5 Å². The molecule has 0 aromatic heterocycles. The topological polar surface area (TPSA) is 86.8 Å².